The van der Waals surface area contributed by atoms with Gasteiger partial charge in [-0.15, -0.1) is 0 Å². The normalized spacial score (nSPS) is 15.0. The third-order valence-electron chi connectivity index (χ3n) is 7.72. The zero-order chi connectivity index (χ0) is 30.7. The topological polar surface area (TPSA) is 78.7 Å². The maximum atomic E-state index is 12.6. The first-order chi connectivity index (χ1) is 21.2. The number of hydrogen-bond donors (Lipinski definition) is 0. The number of benzene rings is 3. The van der Waals surface area contributed by atoms with E-state index in [1.54, 1.807) is 4.90 Å². The van der Waals surface area contributed by atoms with Crippen LogP contribution in [-0.4, -0.2) is 44.4 Å². The number of fused-ring (bicyclic) bond motifs is 1. The molecule has 0 radical (unpaired) electrons. The Morgan fingerprint density at radius 1 is 0.886 bits per heavy atom. The van der Waals surface area contributed by atoms with Crippen molar-refractivity contribution in [3.05, 3.63) is 108 Å². The number of aromatic nitrogens is 3. The number of aryl methyl sites for hydroxylation is 1. The second kappa shape index (κ2) is 12.4. The molecule has 8 nitrogen and oxygen atoms in total. The van der Waals surface area contributed by atoms with Gasteiger partial charge in [0.15, 0.2) is 0 Å². The monoisotopic (exact) mass is 590 g/mol. The minimum Gasteiger partial charge on any atom is -0.473 e. The summed E-state index contributed by atoms with van der Waals surface area (Å²) in [5, 5.41) is 5.92. The van der Waals surface area contributed by atoms with Crippen LogP contribution in [0.3, 0.4) is 0 Å². The molecule has 0 spiro atoms. The first-order valence-electron chi connectivity index (χ1n) is 15.0. The second-order valence-corrected chi connectivity index (χ2v) is 12.2. The Bertz CT molecular complexity index is 1750. The zero-order valence-corrected chi connectivity index (χ0v) is 25.7. The number of carbonyl (C=O) groups excluding carboxylic acids is 1. The van der Waals surface area contributed by atoms with Crippen molar-refractivity contribution in [1.82, 2.24) is 19.7 Å². The highest BCUT2D eigenvalue weighted by atomic mass is 16.6. The Morgan fingerprint density at radius 3 is 2.25 bits per heavy atom. The lowest BCUT2D eigenvalue weighted by molar-refractivity contribution is 0.0292. The fraction of sp³-hybridized carbons (Fsp3) is 0.306. The van der Waals surface area contributed by atoms with Crippen molar-refractivity contribution in [3.8, 4) is 23.0 Å². The van der Waals surface area contributed by atoms with E-state index in [2.05, 4.69) is 18.2 Å². The van der Waals surface area contributed by atoms with E-state index in [9.17, 15) is 4.79 Å². The van der Waals surface area contributed by atoms with Gasteiger partial charge in [-0.25, -0.2) is 4.79 Å². The summed E-state index contributed by atoms with van der Waals surface area (Å²) in [6.07, 6.45) is 0.636. The summed E-state index contributed by atoms with van der Waals surface area (Å²) >= 11 is 0. The molecule has 3 heterocycles. The number of nitrogens with zero attached hydrogens (tertiary/aromatic N) is 4. The molecular formula is C36H38N4O4. The molecule has 2 aromatic heterocycles. The summed E-state index contributed by atoms with van der Waals surface area (Å²) in [5.74, 6) is 1.18. The standard InChI is InChI=1S/C36H38N4O4/c1-36(2,3)44-35(41)40-20-19-28(22-40)27-15-16-29-31(21-27)39(4)38-33(29)30-17-18-32(42-23-25-11-7-5-8-12-25)37-34(30)43-24-26-13-9-6-10-14-26/h5-18,21,28H,19-20,22-24H2,1-4H3/t28-/m0/s1. The van der Waals surface area contributed by atoms with Crippen LogP contribution in [0, 0.1) is 0 Å². The number of ether oxygens (including phenoxy) is 3. The van der Waals surface area contributed by atoms with Gasteiger partial charge in [0, 0.05) is 37.5 Å². The lowest BCUT2D eigenvalue weighted by Gasteiger charge is -2.24. The van der Waals surface area contributed by atoms with E-state index in [-0.39, 0.29) is 12.0 Å². The number of hydrogen-bond acceptors (Lipinski definition) is 6. The molecule has 8 heteroatoms. The van der Waals surface area contributed by atoms with E-state index >= 15 is 0 Å². The number of carbonyl (C=O) groups is 1. The molecule has 0 unspecified atom stereocenters. The molecule has 0 bridgehead atoms. The molecule has 1 atom stereocenters. The van der Waals surface area contributed by atoms with Gasteiger partial charge < -0.3 is 19.1 Å². The molecule has 0 aliphatic carbocycles. The molecule has 1 aliphatic rings. The Balaban J connectivity index is 1.27. The maximum absolute atomic E-state index is 12.6. The number of pyridine rings is 1. The van der Waals surface area contributed by atoms with E-state index in [0.29, 0.717) is 38.1 Å². The largest absolute Gasteiger partial charge is 0.473 e. The van der Waals surface area contributed by atoms with Crippen LogP contribution in [0.5, 0.6) is 11.8 Å². The van der Waals surface area contributed by atoms with Gasteiger partial charge in [-0.2, -0.15) is 10.1 Å². The predicted octanol–water partition coefficient (Wildman–Crippen LogP) is 7.52. The molecule has 0 N–H and O–H groups in total. The van der Waals surface area contributed by atoms with Crippen LogP contribution >= 0.6 is 0 Å². The quantitative estimate of drug-likeness (QED) is 0.186. The molecule has 226 valence electrons. The fourth-order valence-corrected chi connectivity index (χ4v) is 5.50. The first kappa shape index (κ1) is 29.2. The van der Waals surface area contributed by atoms with Gasteiger partial charge >= 0.3 is 6.09 Å². The summed E-state index contributed by atoms with van der Waals surface area (Å²) in [6.45, 7) is 7.78. The van der Waals surface area contributed by atoms with Gasteiger partial charge in [0.05, 0.1) is 11.1 Å². The highest BCUT2D eigenvalue weighted by molar-refractivity contribution is 5.95. The minimum atomic E-state index is -0.510. The molecule has 0 saturated carbocycles. The first-order valence-corrected chi connectivity index (χ1v) is 15.0. The van der Waals surface area contributed by atoms with Crippen LogP contribution in [0.15, 0.2) is 91.0 Å². The Hall–Kier alpha value is -4.85. The molecule has 6 rings (SSSR count). The Kier molecular flexibility index (Phi) is 8.24. The third kappa shape index (κ3) is 6.70. The van der Waals surface area contributed by atoms with Crippen LogP contribution in [0.1, 0.15) is 49.8 Å². The lowest BCUT2D eigenvalue weighted by Crippen LogP contribution is -2.35. The van der Waals surface area contributed by atoms with Crippen molar-refractivity contribution in [2.24, 2.45) is 7.05 Å². The highest BCUT2D eigenvalue weighted by Gasteiger charge is 2.31. The van der Waals surface area contributed by atoms with E-state index in [1.807, 2.05) is 105 Å². The smallest absolute Gasteiger partial charge is 0.410 e. The average Bonchev–Trinajstić information content (AvgIpc) is 3.64. The summed E-state index contributed by atoms with van der Waals surface area (Å²) in [6, 6.07) is 30.3. The highest BCUT2D eigenvalue weighted by Crippen LogP contribution is 2.37. The van der Waals surface area contributed by atoms with Crippen molar-refractivity contribution in [3.63, 3.8) is 0 Å². The van der Waals surface area contributed by atoms with Crippen LogP contribution in [-0.2, 0) is 25.0 Å². The van der Waals surface area contributed by atoms with Gasteiger partial charge in [-0.05, 0) is 56.0 Å². The SMILES string of the molecule is Cn1nc(-c2ccc(OCc3ccccc3)nc2OCc2ccccc2)c2ccc([C@H]3CCN(C(=O)OC(C)(C)C)C3)cc21. The predicted molar refractivity (Wildman–Crippen MR) is 171 cm³/mol. The maximum Gasteiger partial charge on any atom is 0.410 e. The Labute approximate surface area is 258 Å². The van der Waals surface area contributed by atoms with Crippen LogP contribution in [0.2, 0.25) is 0 Å². The average molecular weight is 591 g/mol. The van der Waals surface area contributed by atoms with Gasteiger partial charge in [-0.3, -0.25) is 4.68 Å². The minimum absolute atomic E-state index is 0.234. The third-order valence-corrected chi connectivity index (χ3v) is 7.72. The molecule has 5 aromatic rings. The molecule has 1 aliphatic heterocycles. The molecule has 1 fully saturated rings. The van der Waals surface area contributed by atoms with Gasteiger partial charge in [-0.1, -0.05) is 72.8 Å². The van der Waals surface area contributed by atoms with Crippen LogP contribution < -0.4 is 9.47 Å². The van der Waals surface area contributed by atoms with Crippen molar-refractivity contribution in [2.45, 2.75) is 51.9 Å². The fourth-order valence-electron chi connectivity index (χ4n) is 5.50. The Morgan fingerprint density at radius 2 is 1.57 bits per heavy atom. The molecule has 3 aromatic carbocycles. The van der Waals surface area contributed by atoms with E-state index < -0.39 is 5.60 Å². The van der Waals surface area contributed by atoms with E-state index in [4.69, 9.17) is 24.3 Å². The number of likely N-dealkylation sites (tertiary alicyclic amines) is 1. The summed E-state index contributed by atoms with van der Waals surface area (Å²) in [7, 11) is 1.95. The second-order valence-electron chi connectivity index (χ2n) is 12.2. The molecule has 1 saturated heterocycles. The summed E-state index contributed by atoms with van der Waals surface area (Å²) in [5.41, 5.74) is 5.37. The van der Waals surface area contributed by atoms with Crippen molar-refractivity contribution in [1.29, 1.82) is 0 Å². The van der Waals surface area contributed by atoms with Crippen molar-refractivity contribution < 1.29 is 19.0 Å². The summed E-state index contributed by atoms with van der Waals surface area (Å²) < 4.78 is 19.8. The molecule has 44 heavy (non-hydrogen) atoms. The molecule has 1 amide bonds. The van der Waals surface area contributed by atoms with Crippen LogP contribution in [0.4, 0.5) is 4.79 Å². The zero-order valence-electron chi connectivity index (χ0n) is 25.7. The summed E-state index contributed by atoms with van der Waals surface area (Å²) in [4.78, 5) is 19.2. The van der Waals surface area contributed by atoms with Crippen molar-refractivity contribution >= 4 is 17.0 Å². The number of rotatable bonds is 8. The van der Waals surface area contributed by atoms with E-state index in [0.717, 1.165) is 39.7 Å². The number of amides is 1. The van der Waals surface area contributed by atoms with Crippen molar-refractivity contribution in [2.75, 3.05) is 13.1 Å². The van der Waals surface area contributed by atoms with E-state index in [1.165, 1.54) is 5.56 Å². The molecular weight excluding hydrogens is 552 g/mol. The van der Waals surface area contributed by atoms with Gasteiger partial charge in [0.25, 0.3) is 0 Å². The lowest BCUT2D eigenvalue weighted by atomic mass is 9.96. The van der Waals surface area contributed by atoms with Gasteiger partial charge in [0.1, 0.15) is 24.5 Å². The van der Waals surface area contributed by atoms with Crippen LogP contribution in [0.25, 0.3) is 22.2 Å². The van der Waals surface area contributed by atoms with Gasteiger partial charge in [0.2, 0.25) is 11.8 Å².